The van der Waals surface area contributed by atoms with Crippen molar-refractivity contribution in [2.45, 2.75) is 31.3 Å². The van der Waals surface area contributed by atoms with Crippen molar-refractivity contribution in [3.8, 4) is 11.1 Å². The van der Waals surface area contributed by atoms with Gasteiger partial charge in [0.2, 0.25) is 5.95 Å². The fraction of sp³-hybridized carbons (Fsp3) is 0.240. The van der Waals surface area contributed by atoms with Crippen molar-refractivity contribution in [3.05, 3.63) is 75.3 Å². The second kappa shape index (κ2) is 9.28. The third-order valence-electron chi connectivity index (χ3n) is 6.74. The molecule has 2 aromatic carbocycles. The second-order valence-corrected chi connectivity index (χ2v) is 10.5. The van der Waals surface area contributed by atoms with E-state index in [4.69, 9.17) is 20.3 Å². The molecule has 6 N–H and O–H groups in total. The summed E-state index contributed by atoms with van der Waals surface area (Å²) in [4.78, 5) is 41.7. The first-order valence-corrected chi connectivity index (χ1v) is 13.4. The van der Waals surface area contributed by atoms with Crippen LogP contribution in [0.4, 0.5) is 5.95 Å². The SMILES string of the molecule is Nc1nc2c(nc(/C=C/c3ccc4c(c3)Cc3ccccc3-4)n2[C@H]2C[C@H](O)[C@@H](COP(=O)(O)O)O2)c(=O)[nH]1. The number of aromatic amines is 1. The Morgan fingerprint density at radius 2 is 1.95 bits per heavy atom. The van der Waals surface area contributed by atoms with Gasteiger partial charge in [0.05, 0.1) is 12.7 Å². The number of benzene rings is 2. The van der Waals surface area contributed by atoms with E-state index in [0.29, 0.717) is 5.82 Å². The predicted octanol–water partition coefficient (Wildman–Crippen LogP) is 2.20. The van der Waals surface area contributed by atoms with E-state index in [9.17, 15) is 14.5 Å². The molecule has 1 aliphatic carbocycles. The zero-order chi connectivity index (χ0) is 26.6. The molecule has 0 radical (unpaired) electrons. The first-order chi connectivity index (χ1) is 18.2. The second-order valence-electron chi connectivity index (χ2n) is 9.27. The fourth-order valence-electron chi connectivity index (χ4n) is 5.05. The zero-order valence-corrected chi connectivity index (χ0v) is 20.8. The van der Waals surface area contributed by atoms with E-state index in [1.165, 1.54) is 22.3 Å². The number of hydrogen-bond donors (Lipinski definition) is 5. The van der Waals surface area contributed by atoms with Gasteiger partial charge in [-0.25, -0.2) is 9.55 Å². The van der Waals surface area contributed by atoms with E-state index in [2.05, 4.69) is 43.7 Å². The molecule has 0 bridgehead atoms. The van der Waals surface area contributed by atoms with Crippen LogP contribution in [0.15, 0.2) is 47.3 Å². The Balaban J connectivity index is 1.35. The number of rotatable bonds is 6. The lowest BCUT2D eigenvalue weighted by Crippen LogP contribution is -2.26. The van der Waals surface area contributed by atoms with Crippen molar-refractivity contribution in [3.63, 3.8) is 0 Å². The molecule has 0 unspecified atom stereocenters. The van der Waals surface area contributed by atoms with Gasteiger partial charge in [0, 0.05) is 6.42 Å². The summed E-state index contributed by atoms with van der Waals surface area (Å²) >= 11 is 0. The lowest BCUT2D eigenvalue weighted by molar-refractivity contribution is -0.0426. The molecule has 4 aromatic rings. The molecule has 38 heavy (non-hydrogen) atoms. The van der Waals surface area contributed by atoms with Gasteiger partial charge in [0.1, 0.15) is 18.2 Å². The number of ether oxygens (including phenoxy) is 1. The Bertz CT molecular complexity index is 1690. The number of phosphoric acid groups is 1. The van der Waals surface area contributed by atoms with Crippen LogP contribution in [0.2, 0.25) is 0 Å². The summed E-state index contributed by atoms with van der Waals surface area (Å²) in [6, 6.07) is 14.5. The molecule has 6 rings (SSSR count). The van der Waals surface area contributed by atoms with Crippen LogP contribution in [-0.4, -0.2) is 53.2 Å². The first kappa shape index (κ1) is 24.7. The summed E-state index contributed by atoms with van der Waals surface area (Å²) in [5.41, 5.74) is 11.3. The highest BCUT2D eigenvalue weighted by Crippen LogP contribution is 2.39. The minimum absolute atomic E-state index is 0.0382. The van der Waals surface area contributed by atoms with Crippen LogP contribution in [-0.2, 0) is 20.2 Å². The van der Waals surface area contributed by atoms with Gasteiger partial charge in [0.15, 0.2) is 11.2 Å². The molecule has 12 nitrogen and oxygen atoms in total. The van der Waals surface area contributed by atoms with Crippen molar-refractivity contribution in [2.24, 2.45) is 0 Å². The zero-order valence-electron chi connectivity index (χ0n) is 19.9. The predicted molar refractivity (Wildman–Crippen MR) is 139 cm³/mol. The number of aliphatic hydroxyl groups is 1. The molecule has 0 saturated carbocycles. The van der Waals surface area contributed by atoms with Crippen LogP contribution in [0.25, 0.3) is 34.4 Å². The first-order valence-electron chi connectivity index (χ1n) is 11.9. The molecule has 1 fully saturated rings. The molecule has 0 amide bonds. The van der Waals surface area contributed by atoms with Gasteiger partial charge in [-0.1, -0.05) is 48.5 Å². The third kappa shape index (κ3) is 4.58. The molecule has 1 aliphatic heterocycles. The summed E-state index contributed by atoms with van der Waals surface area (Å²) in [6.07, 6.45) is 1.53. The van der Waals surface area contributed by atoms with Crippen molar-refractivity contribution < 1.29 is 28.7 Å². The Morgan fingerprint density at radius 1 is 1.16 bits per heavy atom. The normalized spacial score (nSPS) is 20.9. The average Bonchev–Trinajstić information content (AvgIpc) is 3.53. The summed E-state index contributed by atoms with van der Waals surface area (Å²) in [5, 5.41) is 10.5. The van der Waals surface area contributed by atoms with Crippen molar-refractivity contribution in [1.82, 2.24) is 19.5 Å². The van der Waals surface area contributed by atoms with E-state index in [-0.39, 0.29) is 23.5 Å². The molecule has 13 heteroatoms. The summed E-state index contributed by atoms with van der Waals surface area (Å²) in [7, 11) is -4.75. The highest BCUT2D eigenvalue weighted by Gasteiger charge is 2.38. The van der Waals surface area contributed by atoms with E-state index in [0.717, 1.165) is 12.0 Å². The van der Waals surface area contributed by atoms with Crippen LogP contribution in [0.3, 0.4) is 0 Å². The van der Waals surface area contributed by atoms with E-state index >= 15 is 0 Å². The smallest absolute Gasteiger partial charge is 0.390 e. The van der Waals surface area contributed by atoms with Gasteiger partial charge in [-0.05, 0) is 40.3 Å². The number of H-pyrrole nitrogens is 1. The number of imidazole rings is 1. The maximum atomic E-state index is 12.6. The standard InChI is InChI=1S/C25H24N5O7P/c26-25-28-23-22(24(32)29-25)27-20(30(23)21-11-18(31)19(37-21)12-36-38(33,34)35)8-6-13-5-7-17-15(9-13)10-14-3-1-2-4-16(14)17/h1-9,18-19,21,31H,10-12H2,(H2,33,34,35)(H3,26,28,29,32)/b8-6+/t18-,19+,21+/m0/s1. The maximum absolute atomic E-state index is 12.6. The van der Waals surface area contributed by atoms with Crippen LogP contribution in [0.1, 0.15) is 35.2 Å². The summed E-state index contributed by atoms with van der Waals surface area (Å²) < 4.78 is 23.0. The van der Waals surface area contributed by atoms with Crippen LogP contribution in [0, 0.1) is 0 Å². The molecule has 1 saturated heterocycles. The molecular formula is C25H24N5O7P. The minimum Gasteiger partial charge on any atom is -0.390 e. The van der Waals surface area contributed by atoms with Gasteiger partial charge >= 0.3 is 7.82 Å². The summed E-state index contributed by atoms with van der Waals surface area (Å²) in [5.74, 6) is 0.221. The van der Waals surface area contributed by atoms with E-state index in [1.54, 1.807) is 10.6 Å². The Labute approximate surface area is 215 Å². The van der Waals surface area contributed by atoms with Gasteiger partial charge < -0.3 is 25.4 Å². The molecule has 2 aliphatic rings. The lowest BCUT2D eigenvalue weighted by atomic mass is 10.0. The van der Waals surface area contributed by atoms with Crippen molar-refractivity contribution in [1.29, 1.82) is 0 Å². The van der Waals surface area contributed by atoms with Gasteiger partial charge in [0.25, 0.3) is 5.56 Å². The largest absolute Gasteiger partial charge is 0.469 e. The number of anilines is 1. The molecule has 196 valence electrons. The number of nitrogens with zero attached hydrogens (tertiary/aromatic N) is 3. The lowest BCUT2D eigenvalue weighted by Gasteiger charge is -2.17. The van der Waals surface area contributed by atoms with Crippen LogP contribution < -0.4 is 11.3 Å². The number of aromatic nitrogens is 4. The quantitative estimate of drug-likeness (QED) is 0.201. The summed E-state index contributed by atoms with van der Waals surface area (Å²) in [6.45, 7) is -0.520. The van der Waals surface area contributed by atoms with Crippen molar-refractivity contribution >= 4 is 37.1 Å². The molecule has 3 heterocycles. The van der Waals surface area contributed by atoms with E-state index in [1.807, 2.05) is 24.3 Å². The number of fused-ring (bicyclic) bond motifs is 4. The number of phosphoric ester groups is 1. The number of nitrogens with one attached hydrogen (secondary N) is 1. The molecule has 0 spiro atoms. The maximum Gasteiger partial charge on any atom is 0.469 e. The van der Waals surface area contributed by atoms with Crippen molar-refractivity contribution in [2.75, 3.05) is 12.3 Å². The molecular weight excluding hydrogens is 513 g/mol. The Kier molecular flexibility index (Phi) is 6.03. The highest BCUT2D eigenvalue weighted by molar-refractivity contribution is 7.46. The average molecular weight is 537 g/mol. The Morgan fingerprint density at radius 3 is 2.76 bits per heavy atom. The van der Waals surface area contributed by atoms with Crippen LogP contribution >= 0.6 is 7.82 Å². The van der Waals surface area contributed by atoms with E-state index < -0.39 is 38.4 Å². The molecule has 2 aromatic heterocycles. The molecule has 3 atom stereocenters. The number of nitrogens with two attached hydrogens (primary N) is 1. The highest BCUT2D eigenvalue weighted by atomic mass is 31.2. The topological polar surface area (TPSA) is 186 Å². The minimum atomic E-state index is -4.75. The van der Waals surface area contributed by atoms with Gasteiger partial charge in [-0.2, -0.15) is 4.98 Å². The van der Waals surface area contributed by atoms with Gasteiger partial charge in [-0.15, -0.1) is 0 Å². The Hall–Kier alpha value is -3.64. The number of hydrogen-bond acceptors (Lipinski definition) is 8. The third-order valence-corrected chi connectivity index (χ3v) is 7.22. The monoisotopic (exact) mass is 537 g/mol. The fourth-order valence-corrected chi connectivity index (χ4v) is 5.39. The van der Waals surface area contributed by atoms with Gasteiger partial charge in [-0.3, -0.25) is 18.9 Å². The number of aliphatic hydroxyl groups excluding tert-OH is 1. The van der Waals surface area contributed by atoms with Crippen LogP contribution in [0.5, 0.6) is 0 Å². The number of nitrogen functional groups attached to an aromatic ring is 1.